The van der Waals surface area contributed by atoms with E-state index >= 15 is 0 Å². The number of likely N-dealkylation sites (N-methyl/N-ethyl adjacent to an activating group) is 1. The number of benzene rings is 1. The smallest absolute Gasteiger partial charge is 0.232 e. The molecule has 0 saturated carbocycles. The number of hydrogen-bond acceptors (Lipinski definition) is 8. The van der Waals surface area contributed by atoms with Gasteiger partial charge in [0.05, 0.1) is 18.8 Å². The molecule has 2 aromatic heterocycles. The van der Waals surface area contributed by atoms with Gasteiger partial charge in [-0.2, -0.15) is 0 Å². The van der Waals surface area contributed by atoms with Gasteiger partial charge in [-0.1, -0.05) is 30.0 Å². The van der Waals surface area contributed by atoms with Gasteiger partial charge in [0.15, 0.2) is 17.6 Å². The highest BCUT2D eigenvalue weighted by molar-refractivity contribution is 7.99. The molecule has 1 amide bonds. The van der Waals surface area contributed by atoms with Crippen molar-refractivity contribution < 1.29 is 14.3 Å². The minimum Gasteiger partial charge on any atom is -0.486 e. The van der Waals surface area contributed by atoms with E-state index in [1.807, 2.05) is 41.8 Å². The van der Waals surface area contributed by atoms with Gasteiger partial charge in [0.25, 0.3) is 0 Å². The second-order valence-electron chi connectivity index (χ2n) is 6.26. The number of carbonyl (C=O) groups excluding carboxylic acids is 1. The second-order valence-corrected chi connectivity index (χ2v) is 8.23. The van der Waals surface area contributed by atoms with Crippen molar-refractivity contribution in [1.29, 1.82) is 0 Å². The number of hydrogen-bond donors (Lipinski definition) is 0. The number of thioether (sulfide) groups is 1. The molecule has 0 radical (unpaired) electrons. The van der Waals surface area contributed by atoms with E-state index in [1.165, 1.54) is 11.8 Å². The Labute approximate surface area is 170 Å². The molecule has 1 aliphatic heterocycles. The van der Waals surface area contributed by atoms with Crippen LogP contribution >= 0.6 is 23.1 Å². The van der Waals surface area contributed by atoms with Gasteiger partial charge in [0.2, 0.25) is 11.1 Å². The molecule has 0 spiro atoms. The van der Waals surface area contributed by atoms with Crippen LogP contribution in [0.3, 0.4) is 0 Å². The van der Waals surface area contributed by atoms with Gasteiger partial charge in [-0.15, -0.1) is 16.4 Å². The lowest BCUT2D eigenvalue weighted by Gasteiger charge is -2.29. The number of amides is 1. The van der Waals surface area contributed by atoms with Gasteiger partial charge < -0.3 is 14.4 Å². The highest BCUT2D eigenvalue weighted by Gasteiger charge is 2.24. The number of ether oxygens (including phenoxy) is 2. The van der Waals surface area contributed by atoms with Gasteiger partial charge in [-0.3, -0.25) is 4.79 Å². The number of nitrogens with zero attached hydrogens (tertiary/aromatic N) is 5. The summed E-state index contributed by atoms with van der Waals surface area (Å²) in [7, 11) is 1.77. The molecule has 1 aromatic carbocycles. The van der Waals surface area contributed by atoms with Crippen molar-refractivity contribution in [3.63, 3.8) is 0 Å². The van der Waals surface area contributed by atoms with Gasteiger partial charge in [-0.05, 0) is 34.0 Å². The van der Waals surface area contributed by atoms with Crippen LogP contribution in [0.4, 0.5) is 0 Å². The fraction of sp³-hybridized carbons (Fsp3) is 0.333. The zero-order chi connectivity index (χ0) is 19.3. The van der Waals surface area contributed by atoms with Crippen molar-refractivity contribution in [3.05, 3.63) is 46.7 Å². The zero-order valence-electron chi connectivity index (χ0n) is 15.2. The van der Waals surface area contributed by atoms with Crippen LogP contribution in [0.25, 0.3) is 0 Å². The predicted octanol–water partition coefficient (Wildman–Crippen LogP) is 2.17. The molecule has 0 saturated heterocycles. The molecule has 3 aromatic rings. The third-order valence-corrected chi connectivity index (χ3v) is 5.98. The van der Waals surface area contributed by atoms with E-state index in [2.05, 4.69) is 15.5 Å². The number of para-hydroxylation sites is 2. The number of carbonyl (C=O) groups is 1. The lowest BCUT2D eigenvalue weighted by atomic mass is 10.2. The molecular formula is C18H19N5O3S2. The number of rotatable bonds is 7. The molecule has 0 N–H and O–H groups in total. The van der Waals surface area contributed by atoms with E-state index in [0.717, 1.165) is 10.6 Å². The summed E-state index contributed by atoms with van der Waals surface area (Å²) in [5, 5.41) is 14.4. The Morgan fingerprint density at radius 3 is 3.00 bits per heavy atom. The molecule has 10 heteroatoms. The largest absolute Gasteiger partial charge is 0.486 e. The first kappa shape index (κ1) is 18.8. The molecule has 1 aliphatic rings. The Morgan fingerprint density at radius 1 is 1.32 bits per heavy atom. The first-order valence-electron chi connectivity index (χ1n) is 8.73. The number of aromatic nitrogens is 4. The molecule has 0 unspecified atom stereocenters. The Morgan fingerprint density at radius 2 is 2.18 bits per heavy atom. The maximum atomic E-state index is 12.5. The fourth-order valence-corrected chi connectivity index (χ4v) is 4.25. The van der Waals surface area contributed by atoms with E-state index < -0.39 is 0 Å². The Hall–Kier alpha value is -2.59. The number of tetrazole rings is 1. The van der Waals surface area contributed by atoms with Gasteiger partial charge >= 0.3 is 0 Å². The lowest BCUT2D eigenvalue weighted by Crippen LogP contribution is -2.42. The first-order chi connectivity index (χ1) is 13.7. The van der Waals surface area contributed by atoms with Crippen LogP contribution < -0.4 is 9.47 Å². The standard InChI is InChI=1S/C18H19N5O3S2/c1-22(9-13-11-25-15-6-2-3-7-16(15)26-13)17(24)12-28-18-19-20-21-23(18)10-14-5-4-8-27-14/h2-8,13H,9-12H2,1H3/t13-/m1/s1. The quantitative estimate of drug-likeness (QED) is 0.545. The third-order valence-electron chi connectivity index (χ3n) is 4.18. The molecule has 28 heavy (non-hydrogen) atoms. The molecule has 3 heterocycles. The minimum absolute atomic E-state index is 0.0156. The highest BCUT2D eigenvalue weighted by Crippen LogP contribution is 2.31. The van der Waals surface area contributed by atoms with E-state index in [9.17, 15) is 4.79 Å². The lowest BCUT2D eigenvalue weighted by molar-refractivity contribution is -0.128. The summed E-state index contributed by atoms with van der Waals surface area (Å²) >= 11 is 2.98. The fourth-order valence-electron chi connectivity index (χ4n) is 2.75. The van der Waals surface area contributed by atoms with E-state index in [1.54, 1.807) is 28.0 Å². The summed E-state index contributed by atoms with van der Waals surface area (Å²) in [6, 6.07) is 11.6. The molecule has 146 valence electrons. The van der Waals surface area contributed by atoms with Crippen molar-refractivity contribution in [2.75, 3.05) is 26.0 Å². The van der Waals surface area contributed by atoms with Crippen molar-refractivity contribution in [2.45, 2.75) is 17.8 Å². The number of thiophene rings is 1. The Kier molecular flexibility index (Phi) is 5.77. The summed E-state index contributed by atoms with van der Waals surface area (Å²) in [5.41, 5.74) is 0. The molecule has 0 fully saturated rings. The van der Waals surface area contributed by atoms with E-state index in [0.29, 0.717) is 30.6 Å². The van der Waals surface area contributed by atoms with Crippen LogP contribution in [-0.4, -0.2) is 63.1 Å². The van der Waals surface area contributed by atoms with E-state index in [-0.39, 0.29) is 17.8 Å². The van der Waals surface area contributed by atoms with Crippen LogP contribution in [0, 0.1) is 0 Å². The maximum Gasteiger partial charge on any atom is 0.232 e. The molecule has 4 rings (SSSR count). The SMILES string of the molecule is CN(C[C@@H]1COc2ccccc2O1)C(=O)CSc1nnnn1Cc1cccs1. The molecule has 0 aliphatic carbocycles. The first-order valence-corrected chi connectivity index (χ1v) is 10.6. The van der Waals surface area contributed by atoms with Gasteiger partial charge in [0, 0.05) is 11.9 Å². The van der Waals surface area contributed by atoms with E-state index in [4.69, 9.17) is 9.47 Å². The summed E-state index contributed by atoms with van der Waals surface area (Å²) in [5.74, 6) is 1.69. The van der Waals surface area contributed by atoms with Crippen LogP contribution in [-0.2, 0) is 11.3 Å². The van der Waals surface area contributed by atoms with Crippen LogP contribution in [0.15, 0.2) is 46.9 Å². The van der Waals surface area contributed by atoms with Crippen LogP contribution in [0.1, 0.15) is 4.88 Å². The molecule has 8 nitrogen and oxygen atoms in total. The summed E-state index contributed by atoms with van der Waals surface area (Å²) in [6.45, 7) is 1.47. The maximum absolute atomic E-state index is 12.5. The van der Waals surface area contributed by atoms with Gasteiger partial charge in [-0.25, -0.2) is 4.68 Å². The second kappa shape index (κ2) is 8.61. The zero-order valence-corrected chi connectivity index (χ0v) is 16.9. The Bertz CT molecular complexity index is 931. The number of fused-ring (bicyclic) bond motifs is 1. The van der Waals surface area contributed by atoms with Crippen LogP contribution in [0.2, 0.25) is 0 Å². The van der Waals surface area contributed by atoms with Crippen LogP contribution in [0.5, 0.6) is 11.5 Å². The normalized spacial score (nSPS) is 15.4. The van der Waals surface area contributed by atoms with Gasteiger partial charge in [0.1, 0.15) is 6.61 Å². The Balaban J connectivity index is 1.28. The predicted molar refractivity (Wildman–Crippen MR) is 106 cm³/mol. The van der Waals surface area contributed by atoms with Crippen molar-refractivity contribution in [2.24, 2.45) is 0 Å². The molecule has 1 atom stereocenters. The topological polar surface area (TPSA) is 82.4 Å². The monoisotopic (exact) mass is 417 g/mol. The van der Waals surface area contributed by atoms with Crippen molar-refractivity contribution in [3.8, 4) is 11.5 Å². The molecule has 0 bridgehead atoms. The van der Waals surface area contributed by atoms with Crippen molar-refractivity contribution >= 4 is 29.0 Å². The highest BCUT2D eigenvalue weighted by atomic mass is 32.2. The summed E-state index contributed by atoms with van der Waals surface area (Å²) < 4.78 is 13.3. The summed E-state index contributed by atoms with van der Waals surface area (Å²) in [6.07, 6.45) is -0.196. The van der Waals surface area contributed by atoms with Crippen molar-refractivity contribution in [1.82, 2.24) is 25.1 Å². The average molecular weight is 418 g/mol. The molecular weight excluding hydrogens is 398 g/mol. The average Bonchev–Trinajstić information content (AvgIpc) is 3.38. The minimum atomic E-state index is -0.196. The third kappa shape index (κ3) is 4.45. The summed E-state index contributed by atoms with van der Waals surface area (Å²) in [4.78, 5) is 15.3.